The van der Waals surface area contributed by atoms with Crippen LogP contribution in [0.5, 0.6) is 5.75 Å². The molecule has 0 saturated carbocycles. The van der Waals surface area contributed by atoms with Crippen molar-refractivity contribution < 1.29 is 10.2 Å². The lowest BCUT2D eigenvalue weighted by Crippen LogP contribution is -2.34. The van der Waals surface area contributed by atoms with Gasteiger partial charge in [0.25, 0.3) is 0 Å². The summed E-state index contributed by atoms with van der Waals surface area (Å²) in [6.07, 6.45) is 2.94. The van der Waals surface area contributed by atoms with Crippen LogP contribution in [-0.4, -0.2) is 25.0 Å². The smallest absolute Gasteiger partial charge is 0.158 e. The molecule has 1 unspecified atom stereocenters. The van der Waals surface area contributed by atoms with Crippen LogP contribution in [0.15, 0.2) is 84.7 Å². The van der Waals surface area contributed by atoms with Gasteiger partial charge < -0.3 is 20.8 Å². The van der Waals surface area contributed by atoms with E-state index in [-0.39, 0.29) is 5.75 Å². The molecular weight excluding hydrogens is 462 g/mol. The molecule has 0 aliphatic carbocycles. The molecule has 0 saturated heterocycles. The van der Waals surface area contributed by atoms with Crippen LogP contribution in [0.25, 0.3) is 28.2 Å². The Hall–Kier alpha value is -4.62. The fourth-order valence-electron chi connectivity index (χ4n) is 5.24. The number of hydrogen-bond donors (Lipinski definition) is 3. The van der Waals surface area contributed by atoms with Crippen molar-refractivity contribution in [1.82, 2.24) is 14.8 Å². The maximum absolute atomic E-state index is 11.7. The van der Waals surface area contributed by atoms with Gasteiger partial charge >= 0.3 is 0 Å². The van der Waals surface area contributed by atoms with Gasteiger partial charge in [-0.05, 0) is 60.9 Å². The number of pyridine rings is 1. The first kappa shape index (κ1) is 22.8. The van der Waals surface area contributed by atoms with Gasteiger partial charge in [-0.1, -0.05) is 48.5 Å². The van der Waals surface area contributed by atoms with Crippen molar-refractivity contribution >= 4 is 28.5 Å². The molecule has 5 aromatic rings. The number of phenols is 1. The van der Waals surface area contributed by atoms with E-state index in [0.29, 0.717) is 18.1 Å². The molecule has 3 heterocycles. The Bertz CT molecular complexity index is 1690. The van der Waals surface area contributed by atoms with E-state index in [4.69, 9.17) is 10.8 Å². The second kappa shape index (κ2) is 8.80. The summed E-state index contributed by atoms with van der Waals surface area (Å²) >= 11 is 0. The molecule has 184 valence electrons. The maximum atomic E-state index is 11.7. The van der Waals surface area contributed by atoms with Crippen LogP contribution in [0.4, 0.5) is 11.5 Å². The molecule has 6 rings (SSSR count). The van der Waals surface area contributed by atoms with Crippen molar-refractivity contribution in [3.8, 4) is 17.0 Å². The Morgan fingerprint density at radius 2 is 1.73 bits per heavy atom. The number of aliphatic hydroxyl groups is 1. The lowest BCUT2D eigenvalue weighted by Gasteiger charge is -2.38. The first-order valence-electron chi connectivity index (χ1n) is 12.2. The third-order valence-electron chi connectivity index (χ3n) is 6.99. The van der Waals surface area contributed by atoms with E-state index in [1.165, 1.54) is 0 Å². The monoisotopic (exact) mass is 489 g/mol. The molecule has 3 aromatic carbocycles. The van der Waals surface area contributed by atoms with Gasteiger partial charge in [-0.2, -0.15) is 5.10 Å². The zero-order valence-electron chi connectivity index (χ0n) is 20.6. The number of hydrogen-bond acceptors (Lipinski definition) is 6. The average Bonchev–Trinajstić information content (AvgIpc) is 3.25. The quantitative estimate of drug-likeness (QED) is 0.306. The fraction of sp³-hybridized carbons (Fsp3) is 0.133. The number of nitrogens with zero attached hydrogens (tertiary/aromatic N) is 4. The van der Waals surface area contributed by atoms with Crippen LogP contribution in [0.3, 0.4) is 0 Å². The first-order chi connectivity index (χ1) is 17.9. The minimum atomic E-state index is -0.851. The Balaban J connectivity index is 1.54. The van der Waals surface area contributed by atoms with Gasteiger partial charge in [-0.25, -0.2) is 4.98 Å². The van der Waals surface area contributed by atoms with Crippen molar-refractivity contribution in [1.29, 1.82) is 0 Å². The van der Waals surface area contributed by atoms with Gasteiger partial charge in [0.15, 0.2) is 6.23 Å². The zero-order valence-corrected chi connectivity index (χ0v) is 20.6. The van der Waals surface area contributed by atoms with E-state index < -0.39 is 6.23 Å². The number of para-hydroxylation sites is 1. The number of nitrogens with two attached hydrogens (primary N) is 1. The van der Waals surface area contributed by atoms with E-state index in [0.717, 1.165) is 50.1 Å². The van der Waals surface area contributed by atoms with Gasteiger partial charge in [0, 0.05) is 28.7 Å². The van der Waals surface area contributed by atoms with Crippen molar-refractivity contribution in [2.75, 3.05) is 10.6 Å². The molecule has 0 fully saturated rings. The van der Waals surface area contributed by atoms with Crippen LogP contribution < -0.4 is 10.6 Å². The lowest BCUT2D eigenvalue weighted by atomic mass is 9.94. The predicted molar refractivity (Wildman–Crippen MR) is 147 cm³/mol. The van der Waals surface area contributed by atoms with E-state index >= 15 is 0 Å². The molecule has 37 heavy (non-hydrogen) atoms. The highest BCUT2D eigenvalue weighted by molar-refractivity contribution is 6.00. The Labute approximate surface area is 214 Å². The maximum Gasteiger partial charge on any atom is 0.158 e. The summed E-state index contributed by atoms with van der Waals surface area (Å²) in [6, 6.07) is 23.0. The molecule has 0 radical (unpaired) electrons. The fourth-order valence-corrected chi connectivity index (χ4v) is 5.24. The highest BCUT2D eigenvalue weighted by atomic mass is 16.3. The van der Waals surface area contributed by atoms with Crippen molar-refractivity contribution in [3.05, 3.63) is 107 Å². The number of fused-ring (bicyclic) bond motifs is 2. The highest BCUT2D eigenvalue weighted by Gasteiger charge is 2.31. The number of phenolic OH excluding ortho intramolecular Hbond substituents is 1. The van der Waals surface area contributed by atoms with Gasteiger partial charge in [0.2, 0.25) is 0 Å². The van der Waals surface area contributed by atoms with Gasteiger partial charge in [-0.15, -0.1) is 0 Å². The van der Waals surface area contributed by atoms with Gasteiger partial charge in [-0.3, -0.25) is 4.68 Å². The number of aryl methyl sites for hydroxylation is 2. The lowest BCUT2D eigenvalue weighted by molar-refractivity contribution is 0.176. The first-order valence-corrected chi connectivity index (χ1v) is 12.2. The van der Waals surface area contributed by atoms with E-state index in [2.05, 4.69) is 11.1 Å². The summed E-state index contributed by atoms with van der Waals surface area (Å²) in [6.45, 7) is 4.45. The number of anilines is 2. The molecule has 2 aromatic heterocycles. The molecule has 7 nitrogen and oxygen atoms in total. The molecule has 1 aliphatic heterocycles. The molecular formula is C30H27N5O2. The van der Waals surface area contributed by atoms with Crippen molar-refractivity contribution in [3.63, 3.8) is 0 Å². The predicted octanol–water partition coefficient (Wildman–Crippen LogP) is 5.56. The molecule has 0 spiro atoms. The van der Waals surface area contributed by atoms with Crippen LogP contribution in [0.2, 0.25) is 0 Å². The molecule has 0 bridgehead atoms. The van der Waals surface area contributed by atoms with Crippen LogP contribution in [0, 0.1) is 13.8 Å². The zero-order chi connectivity index (χ0) is 25.7. The number of aromatic hydroxyl groups is 1. The topological polar surface area (TPSA) is 100 Å². The Morgan fingerprint density at radius 3 is 2.54 bits per heavy atom. The molecule has 1 aliphatic rings. The van der Waals surface area contributed by atoms with E-state index in [9.17, 15) is 10.2 Å². The minimum Gasteiger partial charge on any atom is -0.508 e. The highest BCUT2D eigenvalue weighted by Crippen LogP contribution is 2.41. The summed E-state index contributed by atoms with van der Waals surface area (Å²) in [4.78, 5) is 6.28. The molecule has 1 atom stereocenters. The summed E-state index contributed by atoms with van der Waals surface area (Å²) in [5.41, 5.74) is 14.3. The standard InChI is InChI=1S/C30H27N5O2/c1-18-7-3-4-12-24(18)35-22(15-20-9-5-8-19(2)26(20)30(35)37)17-34-25-13-14-32-29(31)27(25)28(33-34)21-10-6-11-23(36)16-21/h3-16,30,36-37H,17H2,1-2H3,(H2,31,32). The third kappa shape index (κ3) is 3.80. The molecule has 7 heteroatoms. The van der Waals surface area contributed by atoms with Gasteiger partial charge in [0.05, 0.1) is 17.4 Å². The van der Waals surface area contributed by atoms with Crippen molar-refractivity contribution in [2.24, 2.45) is 0 Å². The van der Waals surface area contributed by atoms with E-state index in [1.54, 1.807) is 24.4 Å². The number of rotatable bonds is 4. The second-order valence-corrected chi connectivity index (χ2v) is 9.39. The average molecular weight is 490 g/mol. The minimum absolute atomic E-state index is 0.151. The van der Waals surface area contributed by atoms with Gasteiger partial charge in [0.1, 0.15) is 17.3 Å². The number of allylic oxidation sites excluding steroid dienone is 1. The summed E-state index contributed by atoms with van der Waals surface area (Å²) in [7, 11) is 0. The number of aromatic nitrogens is 3. The number of aliphatic hydroxyl groups excluding tert-OH is 1. The Morgan fingerprint density at radius 1 is 0.946 bits per heavy atom. The van der Waals surface area contributed by atoms with Crippen LogP contribution >= 0.6 is 0 Å². The van der Waals surface area contributed by atoms with Crippen LogP contribution in [-0.2, 0) is 6.54 Å². The largest absolute Gasteiger partial charge is 0.508 e. The summed E-state index contributed by atoms with van der Waals surface area (Å²) in [5.74, 6) is 0.523. The van der Waals surface area contributed by atoms with Crippen LogP contribution in [0.1, 0.15) is 28.5 Å². The third-order valence-corrected chi connectivity index (χ3v) is 6.99. The normalized spacial score (nSPS) is 15.1. The Kier molecular flexibility index (Phi) is 5.43. The summed E-state index contributed by atoms with van der Waals surface area (Å²) in [5, 5.41) is 27.5. The summed E-state index contributed by atoms with van der Waals surface area (Å²) < 4.78 is 1.89. The molecule has 0 amide bonds. The SMILES string of the molecule is Cc1ccccc1N1C(Cn2nc(-c3cccc(O)c3)c3c(N)nccc32)=Cc2cccc(C)c2C1O. The number of nitrogen functional groups attached to an aromatic ring is 1. The second-order valence-electron chi connectivity index (χ2n) is 9.39. The van der Waals surface area contributed by atoms with E-state index in [1.807, 2.05) is 78.0 Å². The number of benzene rings is 3. The van der Waals surface area contributed by atoms with Crippen molar-refractivity contribution in [2.45, 2.75) is 26.6 Å². The molecule has 4 N–H and O–H groups in total.